The van der Waals surface area contributed by atoms with Crippen LogP contribution in [0.5, 0.6) is 11.5 Å². The topological polar surface area (TPSA) is 47.9 Å². The Hall–Kier alpha value is -2.46. The van der Waals surface area contributed by atoms with Gasteiger partial charge in [0.05, 0.1) is 0 Å². The lowest BCUT2D eigenvalue weighted by molar-refractivity contribution is 0.481. The zero-order valence-corrected chi connectivity index (χ0v) is 12.1. The summed E-state index contributed by atoms with van der Waals surface area (Å²) in [5.74, 6) is 1.28. The highest BCUT2D eigenvalue weighted by molar-refractivity contribution is 6.29. The van der Waals surface area contributed by atoms with E-state index in [1.165, 1.54) is 0 Å². The van der Waals surface area contributed by atoms with Crippen LogP contribution in [-0.4, -0.2) is 15.0 Å². The van der Waals surface area contributed by atoms with Gasteiger partial charge in [-0.15, -0.1) is 0 Å². The van der Waals surface area contributed by atoms with E-state index in [9.17, 15) is 0 Å². The van der Waals surface area contributed by atoms with Crippen LogP contribution in [-0.2, 0) is 0 Å². The van der Waals surface area contributed by atoms with Gasteiger partial charge in [0.25, 0.3) is 0 Å². The summed E-state index contributed by atoms with van der Waals surface area (Å²) in [5, 5.41) is 0.387. The van der Waals surface area contributed by atoms with Gasteiger partial charge in [0.2, 0.25) is 0 Å². The molecule has 0 saturated carbocycles. The summed E-state index contributed by atoms with van der Waals surface area (Å²) in [6, 6.07) is 11.0. The Morgan fingerprint density at radius 2 is 1.81 bits per heavy atom. The number of hydrogen-bond donors (Lipinski definition) is 0. The molecule has 0 unspecified atom stereocenters. The van der Waals surface area contributed by atoms with Crippen LogP contribution in [0.1, 0.15) is 5.69 Å². The SMILES string of the molecule is Cc1ccc(Oc2ccnc(Cl)c2)c(-c2ccncc2)n1. The maximum Gasteiger partial charge on any atom is 0.153 e. The Labute approximate surface area is 127 Å². The molecule has 0 amide bonds. The average Bonchev–Trinajstić information content (AvgIpc) is 2.50. The molecule has 0 aliphatic rings. The van der Waals surface area contributed by atoms with Crippen LogP contribution in [0.3, 0.4) is 0 Å². The largest absolute Gasteiger partial charge is 0.455 e. The summed E-state index contributed by atoms with van der Waals surface area (Å²) in [4.78, 5) is 12.5. The lowest BCUT2D eigenvalue weighted by Crippen LogP contribution is -1.93. The number of hydrogen-bond acceptors (Lipinski definition) is 4. The van der Waals surface area contributed by atoms with Crippen molar-refractivity contribution in [2.24, 2.45) is 0 Å². The van der Waals surface area contributed by atoms with Gasteiger partial charge in [-0.2, -0.15) is 0 Å². The van der Waals surface area contributed by atoms with E-state index in [0.717, 1.165) is 17.0 Å². The Bertz CT molecular complexity index is 762. The van der Waals surface area contributed by atoms with E-state index >= 15 is 0 Å². The first-order valence-corrected chi connectivity index (χ1v) is 6.77. The molecule has 104 valence electrons. The number of rotatable bonds is 3. The molecule has 0 radical (unpaired) electrons. The zero-order chi connectivity index (χ0) is 14.7. The van der Waals surface area contributed by atoms with Crippen LogP contribution in [0.15, 0.2) is 55.0 Å². The van der Waals surface area contributed by atoms with Crippen LogP contribution < -0.4 is 4.74 Å². The lowest BCUT2D eigenvalue weighted by Gasteiger charge is -2.11. The van der Waals surface area contributed by atoms with Crippen molar-refractivity contribution < 1.29 is 4.74 Å². The first-order valence-electron chi connectivity index (χ1n) is 6.40. The van der Waals surface area contributed by atoms with Gasteiger partial charge in [-0.25, -0.2) is 9.97 Å². The summed E-state index contributed by atoms with van der Waals surface area (Å²) >= 11 is 5.88. The predicted molar refractivity (Wildman–Crippen MR) is 81.5 cm³/mol. The van der Waals surface area contributed by atoms with Crippen LogP contribution in [0.2, 0.25) is 5.15 Å². The molecule has 3 aromatic heterocycles. The van der Waals surface area contributed by atoms with Crippen molar-refractivity contribution >= 4 is 11.6 Å². The van der Waals surface area contributed by atoms with Crippen molar-refractivity contribution in [3.8, 4) is 22.8 Å². The number of ether oxygens (including phenoxy) is 1. The van der Waals surface area contributed by atoms with Gasteiger partial charge in [-0.3, -0.25) is 4.98 Å². The van der Waals surface area contributed by atoms with E-state index in [2.05, 4.69) is 15.0 Å². The van der Waals surface area contributed by atoms with Crippen molar-refractivity contribution in [1.82, 2.24) is 15.0 Å². The maximum atomic E-state index is 5.89. The van der Waals surface area contributed by atoms with Gasteiger partial charge in [-0.05, 0) is 37.3 Å². The quantitative estimate of drug-likeness (QED) is 0.677. The van der Waals surface area contributed by atoms with Crippen LogP contribution >= 0.6 is 11.6 Å². The third-order valence-corrected chi connectivity index (χ3v) is 3.08. The summed E-state index contributed by atoms with van der Waals surface area (Å²) in [7, 11) is 0. The minimum absolute atomic E-state index is 0.387. The second kappa shape index (κ2) is 5.89. The highest BCUT2D eigenvalue weighted by Gasteiger charge is 2.10. The van der Waals surface area contributed by atoms with Crippen molar-refractivity contribution in [3.05, 3.63) is 65.8 Å². The number of pyridine rings is 3. The molecule has 0 aliphatic carbocycles. The monoisotopic (exact) mass is 297 g/mol. The number of halogens is 1. The third-order valence-electron chi connectivity index (χ3n) is 2.88. The lowest BCUT2D eigenvalue weighted by atomic mass is 10.1. The van der Waals surface area contributed by atoms with E-state index in [-0.39, 0.29) is 0 Å². The molecular formula is C16H12ClN3O. The minimum atomic E-state index is 0.387. The van der Waals surface area contributed by atoms with E-state index < -0.39 is 0 Å². The van der Waals surface area contributed by atoms with Gasteiger partial charge in [-0.1, -0.05) is 11.6 Å². The third kappa shape index (κ3) is 3.17. The fraction of sp³-hybridized carbons (Fsp3) is 0.0625. The molecular weight excluding hydrogens is 286 g/mol. The number of aryl methyl sites for hydroxylation is 1. The van der Waals surface area contributed by atoms with Crippen LogP contribution in [0.4, 0.5) is 0 Å². The van der Waals surface area contributed by atoms with Gasteiger partial charge in [0, 0.05) is 35.9 Å². The first kappa shape index (κ1) is 13.5. The van der Waals surface area contributed by atoms with Gasteiger partial charge in [0.1, 0.15) is 16.6 Å². The smallest absolute Gasteiger partial charge is 0.153 e. The summed E-state index contributed by atoms with van der Waals surface area (Å²) < 4.78 is 5.89. The summed E-state index contributed by atoms with van der Waals surface area (Å²) in [6.45, 7) is 1.94. The molecule has 21 heavy (non-hydrogen) atoms. The van der Waals surface area contributed by atoms with E-state index in [1.807, 2.05) is 31.2 Å². The molecule has 3 aromatic rings. The molecule has 5 heteroatoms. The number of nitrogens with zero attached hydrogens (tertiary/aromatic N) is 3. The van der Waals surface area contributed by atoms with Crippen molar-refractivity contribution in [2.75, 3.05) is 0 Å². The molecule has 0 N–H and O–H groups in total. The van der Waals surface area contributed by atoms with E-state index in [0.29, 0.717) is 16.7 Å². The van der Waals surface area contributed by atoms with E-state index in [4.69, 9.17) is 16.3 Å². The molecule has 0 spiro atoms. The fourth-order valence-electron chi connectivity index (χ4n) is 1.92. The zero-order valence-electron chi connectivity index (χ0n) is 11.3. The molecule has 0 bridgehead atoms. The fourth-order valence-corrected chi connectivity index (χ4v) is 2.08. The Kier molecular flexibility index (Phi) is 3.79. The highest BCUT2D eigenvalue weighted by atomic mass is 35.5. The maximum absolute atomic E-state index is 5.89. The Morgan fingerprint density at radius 1 is 1.00 bits per heavy atom. The van der Waals surface area contributed by atoms with Gasteiger partial charge >= 0.3 is 0 Å². The second-order valence-corrected chi connectivity index (χ2v) is 4.84. The molecule has 0 fully saturated rings. The first-order chi connectivity index (χ1) is 10.2. The normalized spacial score (nSPS) is 10.4. The Balaban J connectivity index is 2.03. The Morgan fingerprint density at radius 3 is 2.57 bits per heavy atom. The molecule has 3 rings (SSSR count). The average molecular weight is 298 g/mol. The molecule has 3 heterocycles. The molecule has 0 aliphatic heterocycles. The van der Waals surface area contributed by atoms with Crippen molar-refractivity contribution in [2.45, 2.75) is 6.92 Å². The summed E-state index contributed by atoms with van der Waals surface area (Å²) in [5.41, 5.74) is 2.64. The van der Waals surface area contributed by atoms with Crippen LogP contribution in [0.25, 0.3) is 11.3 Å². The van der Waals surface area contributed by atoms with Gasteiger partial charge < -0.3 is 4.74 Å². The predicted octanol–water partition coefficient (Wildman–Crippen LogP) is 4.29. The van der Waals surface area contributed by atoms with Gasteiger partial charge in [0.15, 0.2) is 5.75 Å². The molecule has 4 nitrogen and oxygen atoms in total. The molecule has 0 saturated heterocycles. The number of aromatic nitrogens is 3. The summed E-state index contributed by atoms with van der Waals surface area (Å²) in [6.07, 6.45) is 5.06. The highest BCUT2D eigenvalue weighted by Crippen LogP contribution is 2.32. The minimum Gasteiger partial charge on any atom is -0.455 e. The molecule has 0 aromatic carbocycles. The van der Waals surface area contributed by atoms with E-state index in [1.54, 1.807) is 30.7 Å². The van der Waals surface area contributed by atoms with Crippen LogP contribution in [0, 0.1) is 6.92 Å². The molecule has 0 atom stereocenters. The van der Waals surface area contributed by atoms with Crippen molar-refractivity contribution in [1.29, 1.82) is 0 Å². The standard InChI is InChI=1S/C16H12ClN3O/c1-11-2-3-14(21-13-6-9-19-15(17)10-13)16(20-11)12-4-7-18-8-5-12/h2-10H,1H3. The van der Waals surface area contributed by atoms with Crippen molar-refractivity contribution in [3.63, 3.8) is 0 Å². The second-order valence-electron chi connectivity index (χ2n) is 4.45.